The van der Waals surface area contributed by atoms with Crippen molar-refractivity contribution < 1.29 is 14.3 Å². The molecule has 1 aromatic rings. The van der Waals surface area contributed by atoms with Gasteiger partial charge in [-0.3, -0.25) is 14.5 Å². The molecular weight excluding hydrogens is 284 g/mol. The first-order chi connectivity index (χ1) is 10.6. The number of ether oxygens (including phenoxy) is 1. The van der Waals surface area contributed by atoms with Crippen molar-refractivity contribution >= 4 is 17.6 Å². The number of aromatic nitrogens is 2. The minimum atomic E-state index is -0.0915. The summed E-state index contributed by atoms with van der Waals surface area (Å²) in [7, 11) is 1.63. The largest absolute Gasteiger partial charge is 0.385 e. The minimum Gasteiger partial charge on any atom is -0.385 e. The molecule has 2 heterocycles. The van der Waals surface area contributed by atoms with E-state index in [0.29, 0.717) is 19.7 Å². The molecule has 0 fully saturated rings. The fourth-order valence-corrected chi connectivity index (χ4v) is 2.55. The summed E-state index contributed by atoms with van der Waals surface area (Å²) in [5.74, 6) is 0.730. The molecule has 0 aromatic carbocycles. The molecule has 2 rings (SSSR count). The van der Waals surface area contributed by atoms with E-state index in [9.17, 15) is 9.59 Å². The van der Waals surface area contributed by atoms with E-state index >= 15 is 0 Å². The van der Waals surface area contributed by atoms with Crippen LogP contribution in [0, 0.1) is 6.92 Å². The Kier molecular flexibility index (Phi) is 5.94. The van der Waals surface area contributed by atoms with Gasteiger partial charge in [0, 0.05) is 52.3 Å². The fraction of sp³-hybridized carbons (Fsp3) is 0.667. The fourth-order valence-electron chi connectivity index (χ4n) is 2.55. The standard InChI is InChI=1S/C15H24N4O3/c1-12-11-14-18(8-4-9-19(14)17-12)15(21)6-5-13(20)16-7-3-10-22-2/h11H,3-10H2,1-2H3,(H,16,20). The molecule has 0 bridgehead atoms. The number of nitrogens with zero attached hydrogens (tertiary/aromatic N) is 3. The van der Waals surface area contributed by atoms with Crippen LogP contribution in [0.2, 0.25) is 0 Å². The predicted molar refractivity (Wildman–Crippen MR) is 82.7 cm³/mol. The maximum Gasteiger partial charge on any atom is 0.228 e. The average molecular weight is 308 g/mol. The van der Waals surface area contributed by atoms with Gasteiger partial charge in [-0.15, -0.1) is 0 Å². The molecule has 7 heteroatoms. The molecule has 1 aromatic heterocycles. The van der Waals surface area contributed by atoms with Crippen molar-refractivity contribution in [3.8, 4) is 0 Å². The van der Waals surface area contributed by atoms with Crippen molar-refractivity contribution in [1.82, 2.24) is 15.1 Å². The number of aryl methyl sites for hydroxylation is 2. The zero-order valence-electron chi connectivity index (χ0n) is 13.3. The quantitative estimate of drug-likeness (QED) is 0.758. The molecule has 0 saturated carbocycles. The minimum absolute atomic E-state index is 0.0205. The maximum atomic E-state index is 12.3. The highest BCUT2D eigenvalue weighted by atomic mass is 16.5. The lowest BCUT2D eigenvalue weighted by molar-refractivity contribution is -0.125. The number of carbonyl (C=O) groups excluding carboxylic acids is 2. The number of fused-ring (bicyclic) bond motifs is 1. The Hall–Kier alpha value is -1.89. The van der Waals surface area contributed by atoms with E-state index in [4.69, 9.17) is 4.74 Å². The molecule has 7 nitrogen and oxygen atoms in total. The van der Waals surface area contributed by atoms with Crippen LogP contribution in [0.3, 0.4) is 0 Å². The van der Waals surface area contributed by atoms with Gasteiger partial charge in [-0.2, -0.15) is 5.10 Å². The molecule has 0 saturated heterocycles. The summed E-state index contributed by atoms with van der Waals surface area (Å²) < 4.78 is 6.78. The first-order valence-electron chi connectivity index (χ1n) is 7.72. The first-order valence-corrected chi connectivity index (χ1v) is 7.72. The van der Waals surface area contributed by atoms with E-state index in [1.54, 1.807) is 12.0 Å². The molecule has 1 N–H and O–H groups in total. The van der Waals surface area contributed by atoms with Gasteiger partial charge >= 0.3 is 0 Å². The van der Waals surface area contributed by atoms with Gasteiger partial charge in [0.15, 0.2) is 0 Å². The number of hydrogen-bond acceptors (Lipinski definition) is 4. The highest BCUT2D eigenvalue weighted by Crippen LogP contribution is 2.22. The summed E-state index contributed by atoms with van der Waals surface area (Å²) in [5.41, 5.74) is 0.908. The monoisotopic (exact) mass is 308 g/mol. The van der Waals surface area contributed by atoms with Crippen molar-refractivity contribution in [1.29, 1.82) is 0 Å². The highest BCUT2D eigenvalue weighted by Gasteiger charge is 2.24. The van der Waals surface area contributed by atoms with Gasteiger partial charge in [0.05, 0.1) is 5.69 Å². The van der Waals surface area contributed by atoms with E-state index in [1.165, 1.54) is 0 Å². The summed E-state index contributed by atoms with van der Waals surface area (Å²) >= 11 is 0. The van der Waals surface area contributed by atoms with Crippen LogP contribution in [0.25, 0.3) is 0 Å². The number of methoxy groups -OCH3 is 1. The van der Waals surface area contributed by atoms with Crippen molar-refractivity contribution in [3.05, 3.63) is 11.8 Å². The van der Waals surface area contributed by atoms with Crippen LogP contribution in [0.5, 0.6) is 0 Å². The normalized spacial score (nSPS) is 13.8. The zero-order chi connectivity index (χ0) is 15.9. The molecular formula is C15H24N4O3. The molecule has 1 aliphatic heterocycles. The van der Waals surface area contributed by atoms with Crippen molar-refractivity contribution in [3.63, 3.8) is 0 Å². The molecule has 22 heavy (non-hydrogen) atoms. The van der Waals surface area contributed by atoms with Crippen LogP contribution in [-0.2, 0) is 20.9 Å². The highest BCUT2D eigenvalue weighted by molar-refractivity contribution is 5.95. The molecule has 1 aliphatic rings. The second-order valence-electron chi connectivity index (χ2n) is 5.46. The van der Waals surface area contributed by atoms with Gasteiger partial charge in [0.2, 0.25) is 11.8 Å². The smallest absolute Gasteiger partial charge is 0.228 e. The van der Waals surface area contributed by atoms with Crippen LogP contribution in [0.1, 0.15) is 31.4 Å². The van der Waals surface area contributed by atoms with E-state index in [2.05, 4.69) is 10.4 Å². The van der Waals surface area contributed by atoms with E-state index in [-0.39, 0.29) is 24.7 Å². The second kappa shape index (κ2) is 7.93. The topological polar surface area (TPSA) is 76.5 Å². The first kappa shape index (κ1) is 16.5. The summed E-state index contributed by atoms with van der Waals surface area (Å²) in [6, 6.07) is 1.92. The van der Waals surface area contributed by atoms with Gasteiger partial charge in [-0.1, -0.05) is 0 Å². The molecule has 122 valence electrons. The average Bonchev–Trinajstić information content (AvgIpc) is 2.89. The number of nitrogens with one attached hydrogen (secondary N) is 1. The lowest BCUT2D eigenvalue weighted by Crippen LogP contribution is -2.38. The van der Waals surface area contributed by atoms with E-state index in [0.717, 1.165) is 30.9 Å². The molecule has 0 unspecified atom stereocenters. The Morgan fingerprint density at radius 3 is 2.95 bits per heavy atom. The van der Waals surface area contributed by atoms with Crippen LogP contribution in [-0.4, -0.2) is 48.4 Å². The molecule has 2 amide bonds. The van der Waals surface area contributed by atoms with E-state index in [1.807, 2.05) is 17.7 Å². The summed E-state index contributed by atoms with van der Waals surface area (Å²) in [6.07, 6.45) is 2.11. The van der Waals surface area contributed by atoms with Crippen LogP contribution in [0.15, 0.2) is 6.07 Å². The Morgan fingerprint density at radius 2 is 2.18 bits per heavy atom. The van der Waals surface area contributed by atoms with Crippen LogP contribution in [0.4, 0.5) is 5.82 Å². The Labute approximate surface area is 130 Å². The van der Waals surface area contributed by atoms with Gasteiger partial charge in [0.1, 0.15) is 5.82 Å². The van der Waals surface area contributed by atoms with Crippen molar-refractivity contribution in [2.24, 2.45) is 0 Å². The summed E-state index contributed by atoms with van der Waals surface area (Å²) in [6.45, 7) is 4.65. The predicted octanol–water partition coefficient (Wildman–Crippen LogP) is 0.861. The van der Waals surface area contributed by atoms with Crippen LogP contribution >= 0.6 is 0 Å². The SMILES string of the molecule is COCCCNC(=O)CCC(=O)N1CCCn2nc(C)cc21. The number of hydrogen-bond donors (Lipinski definition) is 1. The molecule has 0 radical (unpaired) electrons. The van der Waals surface area contributed by atoms with E-state index < -0.39 is 0 Å². The molecule has 0 atom stereocenters. The summed E-state index contributed by atoms with van der Waals surface area (Å²) in [5, 5.41) is 7.16. The third-order valence-electron chi connectivity index (χ3n) is 3.62. The maximum absolute atomic E-state index is 12.3. The number of anilines is 1. The van der Waals surface area contributed by atoms with Gasteiger partial charge in [-0.05, 0) is 19.8 Å². The molecule has 0 aliphatic carbocycles. The Morgan fingerprint density at radius 1 is 1.36 bits per heavy atom. The molecule has 0 spiro atoms. The van der Waals surface area contributed by atoms with Gasteiger partial charge < -0.3 is 10.1 Å². The van der Waals surface area contributed by atoms with Gasteiger partial charge in [-0.25, -0.2) is 4.68 Å². The lowest BCUT2D eigenvalue weighted by atomic mass is 10.2. The zero-order valence-corrected chi connectivity index (χ0v) is 13.3. The van der Waals surface area contributed by atoms with Crippen molar-refractivity contribution in [2.45, 2.75) is 39.2 Å². The van der Waals surface area contributed by atoms with Gasteiger partial charge in [0.25, 0.3) is 0 Å². The lowest BCUT2D eigenvalue weighted by Gasteiger charge is -2.27. The van der Waals surface area contributed by atoms with Crippen molar-refractivity contribution in [2.75, 3.05) is 31.7 Å². The third kappa shape index (κ3) is 4.30. The number of rotatable bonds is 7. The second-order valence-corrected chi connectivity index (χ2v) is 5.46. The number of amides is 2. The number of carbonyl (C=O) groups is 2. The third-order valence-corrected chi connectivity index (χ3v) is 3.62. The summed E-state index contributed by atoms with van der Waals surface area (Å²) in [4.78, 5) is 25.8. The Bertz CT molecular complexity index is 527. The van der Waals surface area contributed by atoms with Crippen LogP contribution < -0.4 is 10.2 Å². The Balaban J connectivity index is 1.79.